The Kier molecular flexibility index (Phi) is 5.74. The van der Waals surface area contributed by atoms with E-state index in [1.807, 2.05) is 18.2 Å². The second-order valence-corrected chi connectivity index (χ2v) is 4.98. The smallest absolute Gasteiger partial charge is 0.0453 e. The minimum absolute atomic E-state index is 0. The van der Waals surface area contributed by atoms with Gasteiger partial charge in [0.15, 0.2) is 0 Å². The number of piperidine rings is 1. The predicted octanol–water partition coefficient (Wildman–Crippen LogP) is 3.25. The Labute approximate surface area is 115 Å². The molecule has 4 heteroatoms. The summed E-state index contributed by atoms with van der Waals surface area (Å²) in [5.74, 6) is 0. The largest absolute Gasteiger partial charge is 0.328 e. The predicted molar refractivity (Wildman–Crippen MR) is 75.9 cm³/mol. The first-order valence-corrected chi connectivity index (χ1v) is 6.30. The molecule has 2 rings (SSSR count). The summed E-state index contributed by atoms with van der Waals surface area (Å²) in [5.41, 5.74) is 7.13. The number of hydrogen-bond acceptors (Lipinski definition) is 2. The van der Waals surface area contributed by atoms with Crippen molar-refractivity contribution >= 4 is 24.0 Å². The standard InChI is InChI=1S/C13H19ClN2.ClH/c1-10(12-4-2-3-5-13(12)14)16-8-6-11(15)7-9-16;/h2-5,10-11H,6-9,15H2,1H3;1H. The lowest BCUT2D eigenvalue weighted by Crippen LogP contribution is -2.40. The first-order valence-electron chi connectivity index (χ1n) is 5.92. The van der Waals surface area contributed by atoms with E-state index in [1.165, 1.54) is 5.56 Å². The van der Waals surface area contributed by atoms with Gasteiger partial charge in [0.05, 0.1) is 0 Å². The van der Waals surface area contributed by atoms with Gasteiger partial charge >= 0.3 is 0 Å². The van der Waals surface area contributed by atoms with Gasteiger partial charge in [0.2, 0.25) is 0 Å². The van der Waals surface area contributed by atoms with Crippen LogP contribution < -0.4 is 5.73 Å². The van der Waals surface area contributed by atoms with Gasteiger partial charge < -0.3 is 5.73 Å². The molecule has 0 radical (unpaired) electrons. The Morgan fingerprint density at radius 1 is 1.29 bits per heavy atom. The van der Waals surface area contributed by atoms with Crippen molar-refractivity contribution in [2.45, 2.75) is 31.8 Å². The highest BCUT2D eigenvalue weighted by Crippen LogP contribution is 2.28. The lowest BCUT2D eigenvalue weighted by molar-refractivity contribution is 0.163. The van der Waals surface area contributed by atoms with Gasteiger partial charge in [-0.15, -0.1) is 12.4 Å². The van der Waals surface area contributed by atoms with Crippen LogP contribution in [0.25, 0.3) is 0 Å². The third-order valence-electron chi connectivity index (χ3n) is 3.48. The van der Waals surface area contributed by atoms with Crippen molar-refractivity contribution in [3.8, 4) is 0 Å². The molecule has 0 bridgehead atoms. The first kappa shape index (κ1) is 14.8. The number of rotatable bonds is 2. The minimum Gasteiger partial charge on any atom is -0.328 e. The van der Waals surface area contributed by atoms with E-state index in [-0.39, 0.29) is 12.4 Å². The molecule has 1 aliphatic heterocycles. The monoisotopic (exact) mass is 274 g/mol. The molecule has 1 aliphatic rings. The van der Waals surface area contributed by atoms with Crippen LogP contribution in [-0.4, -0.2) is 24.0 Å². The average molecular weight is 275 g/mol. The molecule has 0 saturated carbocycles. The Hall–Kier alpha value is -0.280. The molecule has 1 fully saturated rings. The highest BCUT2D eigenvalue weighted by atomic mass is 35.5. The zero-order valence-corrected chi connectivity index (χ0v) is 11.7. The third-order valence-corrected chi connectivity index (χ3v) is 3.82. The number of hydrogen-bond donors (Lipinski definition) is 1. The number of benzene rings is 1. The van der Waals surface area contributed by atoms with Crippen molar-refractivity contribution < 1.29 is 0 Å². The molecule has 0 amide bonds. The Bertz CT molecular complexity index is 349. The molecular formula is C13H20Cl2N2. The van der Waals surface area contributed by atoms with Crippen LogP contribution in [-0.2, 0) is 0 Å². The fourth-order valence-corrected chi connectivity index (χ4v) is 2.61. The fraction of sp³-hybridized carbons (Fsp3) is 0.538. The number of likely N-dealkylation sites (tertiary alicyclic amines) is 1. The molecule has 1 unspecified atom stereocenters. The molecule has 0 aromatic heterocycles. The van der Waals surface area contributed by atoms with E-state index in [9.17, 15) is 0 Å². The molecule has 2 nitrogen and oxygen atoms in total. The van der Waals surface area contributed by atoms with Crippen molar-refractivity contribution in [3.05, 3.63) is 34.9 Å². The fourth-order valence-electron chi connectivity index (χ4n) is 2.32. The van der Waals surface area contributed by atoms with E-state index < -0.39 is 0 Å². The SMILES string of the molecule is CC(c1ccccc1Cl)N1CCC(N)CC1.Cl. The summed E-state index contributed by atoms with van der Waals surface area (Å²) in [6.45, 7) is 4.37. The summed E-state index contributed by atoms with van der Waals surface area (Å²) in [4.78, 5) is 2.46. The maximum Gasteiger partial charge on any atom is 0.0453 e. The van der Waals surface area contributed by atoms with Gasteiger partial charge in [-0.05, 0) is 31.4 Å². The molecule has 2 N–H and O–H groups in total. The van der Waals surface area contributed by atoms with E-state index in [0.717, 1.165) is 31.0 Å². The van der Waals surface area contributed by atoms with Crippen LogP contribution >= 0.6 is 24.0 Å². The second kappa shape index (κ2) is 6.60. The van der Waals surface area contributed by atoms with Crippen molar-refractivity contribution in [1.82, 2.24) is 4.90 Å². The summed E-state index contributed by atoms with van der Waals surface area (Å²) in [6, 6.07) is 8.87. The molecular weight excluding hydrogens is 255 g/mol. The lowest BCUT2D eigenvalue weighted by atomic mass is 10.0. The summed E-state index contributed by atoms with van der Waals surface area (Å²) in [7, 11) is 0. The third kappa shape index (κ3) is 3.59. The van der Waals surface area contributed by atoms with Gasteiger partial charge in [-0.2, -0.15) is 0 Å². The topological polar surface area (TPSA) is 29.3 Å². The normalized spacial score (nSPS) is 19.7. The van der Waals surface area contributed by atoms with E-state index >= 15 is 0 Å². The molecule has 1 saturated heterocycles. The van der Waals surface area contributed by atoms with Gasteiger partial charge in [-0.1, -0.05) is 29.8 Å². The van der Waals surface area contributed by atoms with E-state index in [2.05, 4.69) is 17.9 Å². The lowest BCUT2D eigenvalue weighted by Gasteiger charge is -2.35. The van der Waals surface area contributed by atoms with Crippen LogP contribution in [0.2, 0.25) is 5.02 Å². The van der Waals surface area contributed by atoms with E-state index in [1.54, 1.807) is 0 Å². The number of halogens is 2. The maximum absolute atomic E-state index is 6.22. The summed E-state index contributed by atoms with van der Waals surface area (Å²) < 4.78 is 0. The number of nitrogens with two attached hydrogens (primary N) is 1. The molecule has 0 aliphatic carbocycles. The Morgan fingerprint density at radius 2 is 1.88 bits per heavy atom. The van der Waals surface area contributed by atoms with Crippen LogP contribution in [0, 0.1) is 0 Å². The average Bonchev–Trinajstić information content (AvgIpc) is 2.30. The maximum atomic E-state index is 6.22. The van der Waals surface area contributed by atoms with Gasteiger partial charge in [-0.3, -0.25) is 4.90 Å². The van der Waals surface area contributed by atoms with Crippen LogP contribution in [0.15, 0.2) is 24.3 Å². The van der Waals surface area contributed by atoms with Crippen molar-refractivity contribution in [1.29, 1.82) is 0 Å². The summed E-state index contributed by atoms with van der Waals surface area (Å²) in [6.07, 6.45) is 2.18. The first-order chi connectivity index (χ1) is 7.68. The zero-order valence-electron chi connectivity index (χ0n) is 10.1. The van der Waals surface area contributed by atoms with Crippen LogP contribution in [0.5, 0.6) is 0 Å². The van der Waals surface area contributed by atoms with Gasteiger partial charge in [0.1, 0.15) is 0 Å². The summed E-state index contributed by atoms with van der Waals surface area (Å²) in [5, 5.41) is 0.866. The van der Waals surface area contributed by atoms with E-state index in [4.69, 9.17) is 17.3 Å². The van der Waals surface area contributed by atoms with Crippen molar-refractivity contribution in [2.24, 2.45) is 5.73 Å². The molecule has 1 aromatic carbocycles. The second-order valence-electron chi connectivity index (χ2n) is 4.57. The van der Waals surface area contributed by atoms with Crippen molar-refractivity contribution in [2.75, 3.05) is 13.1 Å². The van der Waals surface area contributed by atoms with Crippen LogP contribution in [0.1, 0.15) is 31.4 Å². The van der Waals surface area contributed by atoms with E-state index in [0.29, 0.717) is 12.1 Å². The van der Waals surface area contributed by atoms with Gasteiger partial charge in [0.25, 0.3) is 0 Å². The minimum atomic E-state index is 0. The van der Waals surface area contributed by atoms with Gasteiger partial charge in [-0.25, -0.2) is 0 Å². The molecule has 0 spiro atoms. The molecule has 17 heavy (non-hydrogen) atoms. The van der Waals surface area contributed by atoms with Crippen LogP contribution in [0.3, 0.4) is 0 Å². The molecule has 96 valence electrons. The Morgan fingerprint density at radius 3 is 2.47 bits per heavy atom. The quantitative estimate of drug-likeness (QED) is 0.897. The highest BCUT2D eigenvalue weighted by Gasteiger charge is 2.22. The Balaban J connectivity index is 0.00000144. The van der Waals surface area contributed by atoms with Crippen molar-refractivity contribution in [3.63, 3.8) is 0 Å². The summed E-state index contributed by atoms with van der Waals surface area (Å²) >= 11 is 6.22. The molecule has 1 aromatic rings. The number of nitrogens with zero attached hydrogens (tertiary/aromatic N) is 1. The highest BCUT2D eigenvalue weighted by molar-refractivity contribution is 6.31. The molecule has 1 atom stereocenters. The van der Waals surface area contributed by atoms with Crippen LogP contribution in [0.4, 0.5) is 0 Å². The van der Waals surface area contributed by atoms with Gasteiger partial charge in [0, 0.05) is 30.2 Å². The molecule has 1 heterocycles. The zero-order chi connectivity index (χ0) is 11.5.